The quantitative estimate of drug-likeness (QED) is 0.332. The summed E-state index contributed by atoms with van der Waals surface area (Å²) in [5.74, 6) is -0.231. The van der Waals surface area contributed by atoms with Gasteiger partial charge in [0.15, 0.2) is 0 Å². The summed E-state index contributed by atoms with van der Waals surface area (Å²) in [6.07, 6.45) is 0. The zero-order chi connectivity index (χ0) is 30.5. The van der Waals surface area contributed by atoms with Gasteiger partial charge in [-0.3, -0.25) is 13.9 Å². The standard InChI is InChI=1S/C31H38ClN3O5S/c1-21-8-13-26(18-22(21)2)35(41(38,39)28-16-11-25(32)12-17-28)20-29(36)34(23(3)30(37)33-31(4,5)6)19-24-9-14-27(40-7)15-10-24/h8-18,23H,19-20H2,1-7H3,(H,33,37)/t23-/m0/s1. The number of nitrogens with zero attached hydrogens (tertiary/aromatic N) is 2. The minimum atomic E-state index is -4.18. The Balaban J connectivity index is 2.06. The van der Waals surface area contributed by atoms with E-state index in [0.29, 0.717) is 16.5 Å². The van der Waals surface area contributed by atoms with E-state index in [2.05, 4.69) is 5.32 Å². The highest BCUT2D eigenvalue weighted by atomic mass is 35.5. The van der Waals surface area contributed by atoms with Crippen molar-refractivity contribution in [1.29, 1.82) is 0 Å². The van der Waals surface area contributed by atoms with Gasteiger partial charge < -0.3 is 15.0 Å². The van der Waals surface area contributed by atoms with E-state index >= 15 is 0 Å². The molecule has 220 valence electrons. The van der Waals surface area contributed by atoms with Crippen molar-refractivity contribution in [2.75, 3.05) is 18.0 Å². The maximum Gasteiger partial charge on any atom is 0.264 e. The number of amides is 2. The molecule has 0 saturated carbocycles. The zero-order valence-corrected chi connectivity index (χ0v) is 26.1. The Labute approximate surface area is 248 Å². The Bertz CT molecular complexity index is 1480. The van der Waals surface area contributed by atoms with Crippen LogP contribution in [0.4, 0.5) is 5.69 Å². The van der Waals surface area contributed by atoms with E-state index in [0.717, 1.165) is 21.0 Å². The molecule has 0 radical (unpaired) electrons. The van der Waals surface area contributed by atoms with Gasteiger partial charge in [0.2, 0.25) is 11.8 Å². The molecule has 3 rings (SSSR count). The zero-order valence-electron chi connectivity index (χ0n) is 24.6. The summed E-state index contributed by atoms with van der Waals surface area (Å²) in [7, 11) is -2.61. The van der Waals surface area contributed by atoms with E-state index in [4.69, 9.17) is 16.3 Å². The Kier molecular flexibility index (Phi) is 10.1. The van der Waals surface area contributed by atoms with Gasteiger partial charge in [-0.1, -0.05) is 29.8 Å². The highest BCUT2D eigenvalue weighted by Gasteiger charge is 2.33. The smallest absolute Gasteiger partial charge is 0.264 e. The number of halogens is 1. The van der Waals surface area contributed by atoms with Crippen LogP contribution in [0.25, 0.3) is 0 Å². The molecule has 0 aromatic heterocycles. The summed E-state index contributed by atoms with van der Waals surface area (Å²) >= 11 is 6.01. The third-order valence-electron chi connectivity index (χ3n) is 6.64. The maximum atomic E-state index is 14.0. The molecular formula is C31H38ClN3O5S. The summed E-state index contributed by atoms with van der Waals surface area (Å²) in [6, 6.07) is 17.3. The van der Waals surface area contributed by atoms with Gasteiger partial charge in [-0.2, -0.15) is 0 Å². The van der Waals surface area contributed by atoms with Gasteiger partial charge in [-0.05, 0) is 107 Å². The first-order valence-electron chi connectivity index (χ1n) is 13.2. The molecule has 0 aliphatic heterocycles. The molecule has 1 N–H and O–H groups in total. The van der Waals surface area contributed by atoms with Crippen molar-refractivity contribution in [3.05, 3.63) is 88.4 Å². The number of anilines is 1. The minimum absolute atomic E-state index is 0.00634. The second-order valence-electron chi connectivity index (χ2n) is 11.0. The second-order valence-corrected chi connectivity index (χ2v) is 13.3. The summed E-state index contributed by atoms with van der Waals surface area (Å²) in [4.78, 5) is 28.6. The molecule has 41 heavy (non-hydrogen) atoms. The summed E-state index contributed by atoms with van der Waals surface area (Å²) in [6.45, 7) is 10.6. The van der Waals surface area contributed by atoms with Crippen molar-refractivity contribution < 1.29 is 22.7 Å². The lowest BCUT2D eigenvalue weighted by Crippen LogP contribution is -2.54. The lowest BCUT2D eigenvalue weighted by atomic mass is 10.1. The maximum absolute atomic E-state index is 14.0. The molecule has 2 amide bonds. The fourth-order valence-electron chi connectivity index (χ4n) is 4.13. The van der Waals surface area contributed by atoms with Gasteiger partial charge in [0.25, 0.3) is 10.0 Å². The summed E-state index contributed by atoms with van der Waals surface area (Å²) < 4.78 is 34.2. The number of aryl methyl sites for hydroxylation is 2. The third-order valence-corrected chi connectivity index (χ3v) is 8.68. The lowest BCUT2D eigenvalue weighted by Gasteiger charge is -2.33. The number of rotatable bonds is 10. The number of nitrogens with one attached hydrogen (secondary N) is 1. The van der Waals surface area contributed by atoms with Crippen molar-refractivity contribution in [3.63, 3.8) is 0 Å². The number of methoxy groups -OCH3 is 1. The van der Waals surface area contributed by atoms with Gasteiger partial charge in [0.1, 0.15) is 18.3 Å². The first kappa shape index (κ1) is 32.0. The van der Waals surface area contributed by atoms with Crippen LogP contribution in [0, 0.1) is 13.8 Å². The lowest BCUT2D eigenvalue weighted by molar-refractivity contribution is -0.140. The van der Waals surface area contributed by atoms with Crippen molar-refractivity contribution in [3.8, 4) is 5.75 Å². The Morgan fingerprint density at radius 1 is 0.951 bits per heavy atom. The number of hydrogen-bond donors (Lipinski definition) is 1. The topological polar surface area (TPSA) is 96.0 Å². The number of ether oxygens (including phenoxy) is 1. The van der Waals surface area contributed by atoms with E-state index in [9.17, 15) is 18.0 Å². The Morgan fingerprint density at radius 2 is 1.56 bits per heavy atom. The van der Waals surface area contributed by atoms with Crippen LogP contribution < -0.4 is 14.4 Å². The number of benzene rings is 3. The van der Waals surface area contributed by atoms with Crippen molar-refractivity contribution in [2.45, 2.75) is 64.6 Å². The fraction of sp³-hybridized carbons (Fsp3) is 0.355. The van der Waals surface area contributed by atoms with Gasteiger partial charge in [-0.15, -0.1) is 0 Å². The van der Waals surface area contributed by atoms with E-state index in [1.165, 1.54) is 29.2 Å². The number of carbonyl (C=O) groups excluding carboxylic acids is 2. The molecule has 0 unspecified atom stereocenters. The first-order chi connectivity index (χ1) is 19.1. The van der Waals surface area contributed by atoms with Crippen LogP contribution in [0.3, 0.4) is 0 Å². The van der Waals surface area contributed by atoms with E-state index in [1.54, 1.807) is 50.4 Å². The van der Waals surface area contributed by atoms with Crippen LogP contribution in [0.1, 0.15) is 44.4 Å². The van der Waals surface area contributed by atoms with Crippen LogP contribution in [0.5, 0.6) is 5.75 Å². The molecule has 0 aliphatic carbocycles. The molecule has 8 nitrogen and oxygen atoms in total. The predicted molar refractivity (Wildman–Crippen MR) is 163 cm³/mol. The minimum Gasteiger partial charge on any atom is -0.497 e. The van der Waals surface area contributed by atoms with Crippen LogP contribution in [-0.4, -0.2) is 50.4 Å². The summed E-state index contributed by atoms with van der Waals surface area (Å²) in [5.41, 5.74) is 2.43. The van der Waals surface area contributed by atoms with E-state index in [1.807, 2.05) is 40.7 Å². The molecule has 3 aromatic rings. The predicted octanol–water partition coefficient (Wildman–Crippen LogP) is 5.49. The van der Waals surface area contributed by atoms with E-state index in [-0.39, 0.29) is 17.3 Å². The molecular weight excluding hydrogens is 562 g/mol. The first-order valence-corrected chi connectivity index (χ1v) is 15.0. The largest absolute Gasteiger partial charge is 0.497 e. The SMILES string of the molecule is COc1ccc(CN(C(=O)CN(c2ccc(C)c(C)c2)S(=O)(=O)c2ccc(Cl)cc2)[C@@H](C)C(=O)NC(C)(C)C)cc1. The Morgan fingerprint density at radius 3 is 2.10 bits per heavy atom. The van der Waals surface area contributed by atoms with Gasteiger partial charge in [0, 0.05) is 17.1 Å². The van der Waals surface area contributed by atoms with Gasteiger partial charge in [-0.25, -0.2) is 8.42 Å². The molecule has 0 fully saturated rings. The molecule has 1 atom stereocenters. The average Bonchev–Trinajstić information content (AvgIpc) is 2.91. The molecule has 0 saturated heterocycles. The van der Waals surface area contributed by atoms with Gasteiger partial charge in [0.05, 0.1) is 17.7 Å². The molecule has 0 bridgehead atoms. The second kappa shape index (κ2) is 13.0. The number of sulfonamides is 1. The van der Waals surface area contributed by atoms with Crippen LogP contribution >= 0.6 is 11.6 Å². The average molecular weight is 600 g/mol. The van der Waals surface area contributed by atoms with Crippen molar-refractivity contribution >= 4 is 39.1 Å². The number of carbonyl (C=O) groups is 2. The highest BCUT2D eigenvalue weighted by molar-refractivity contribution is 7.92. The highest BCUT2D eigenvalue weighted by Crippen LogP contribution is 2.27. The Hall–Kier alpha value is -3.56. The fourth-order valence-corrected chi connectivity index (χ4v) is 5.66. The van der Waals surface area contributed by atoms with Crippen LogP contribution in [-0.2, 0) is 26.2 Å². The monoisotopic (exact) mass is 599 g/mol. The molecule has 0 aliphatic rings. The van der Waals surface area contributed by atoms with Crippen molar-refractivity contribution in [2.24, 2.45) is 0 Å². The van der Waals surface area contributed by atoms with E-state index < -0.39 is 34.1 Å². The molecule has 10 heteroatoms. The van der Waals surface area contributed by atoms with Crippen LogP contribution in [0.15, 0.2) is 71.6 Å². The van der Waals surface area contributed by atoms with Crippen molar-refractivity contribution in [1.82, 2.24) is 10.2 Å². The van der Waals surface area contributed by atoms with Gasteiger partial charge >= 0.3 is 0 Å². The summed E-state index contributed by atoms with van der Waals surface area (Å²) in [5, 5.41) is 3.31. The molecule has 0 heterocycles. The van der Waals surface area contributed by atoms with Crippen LogP contribution in [0.2, 0.25) is 5.02 Å². The third kappa shape index (κ3) is 8.24. The molecule has 3 aromatic carbocycles. The normalized spacial score (nSPS) is 12.4. The molecule has 0 spiro atoms. The number of hydrogen-bond acceptors (Lipinski definition) is 5.